The van der Waals surface area contributed by atoms with Crippen LogP contribution in [0.3, 0.4) is 0 Å². The molecule has 1 N–H and O–H groups in total. The molecule has 7 nitrogen and oxygen atoms in total. The van der Waals surface area contributed by atoms with Crippen molar-refractivity contribution < 1.29 is 24.2 Å². The van der Waals surface area contributed by atoms with Crippen molar-refractivity contribution in [1.29, 1.82) is 0 Å². The molecule has 1 aromatic heterocycles. The quantitative estimate of drug-likeness (QED) is 0.101. The molecule has 0 spiro atoms. The molecule has 4 aromatic rings. The van der Waals surface area contributed by atoms with Crippen LogP contribution in [0.25, 0.3) is 16.0 Å². The third kappa shape index (κ3) is 5.35. The molecular weight excluding hydrogens is 536 g/mol. The van der Waals surface area contributed by atoms with Crippen LogP contribution in [-0.2, 0) is 9.59 Å². The lowest BCUT2D eigenvalue weighted by molar-refractivity contribution is -0.132. The molecule has 1 fully saturated rings. The van der Waals surface area contributed by atoms with E-state index in [1.807, 2.05) is 25.1 Å². The largest absolute Gasteiger partial charge is 0.507 e. The number of fused-ring (bicyclic) bond motifs is 1. The van der Waals surface area contributed by atoms with Gasteiger partial charge < -0.3 is 14.6 Å². The van der Waals surface area contributed by atoms with E-state index in [9.17, 15) is 14.7 Å². The van der Waals surface area contributed by atoms with Gasteiger partial charge in [-0.05, 0) is 61.4 Å². The van der Waals surface area contributed by atoms with Crippen LogP contribution in [0.2, 0.25) is 5.02 Å². The zero-order valence-electron chi connectivity index (χ0n) is 21.5. The predicted molar refractivity (Wildman–Crippen MR) is 154 cm³/mol. The summed E-state index contributed by atoms with van der Waals surface area (Å²) in [6, 6.07) is 18.3. The summed E-state index contributed by atoms with van der Waals surface area (Å²) >= 11 is 7.42. The van der Waals surface area contributed by atoms with Crippen LogP contribution in [0, 0.1) is 0 Å². The minimum atomic E-state index is -0.904. The van der Waals surface area contributed by atoms with Gasteiger partial charge in [0.1, 0.15) is 17.3 Å². The van der Waals surface area contributed by atoms with Crippen LogP contribution in [0.4, 0.5) is 5.13 Å². The van der Waals surface area contributed by atoms with Crippen LogP contribution >= 0.6 is 22.9 Å². The number of aliphatic hydroxyl groups excluding tert-OH is 1. The van der Waals surface area contributed by atoms with Crippen LogP contribution in [-0.4, -0.2) is 35.0 Å². The number of anilines is 1. The Morgan fingerprint density at radius 1 is 1.03 bits per heavy atom. The Balaban J connectivity index is 1.62. The molecule has 0 aliphatic carbocycles. The summed E-state index contributed by atoms with van der Waals surface area (Å²) in [6.45, 7) is 5.04. The maximum atomic E-state index is 13.5. The van der Waals surface area contributed by atoms with Gasteiger partial charge >= 0.3 is 5.91 Å². The van der Waals surface area contributed by atoms with Crippen molar-refractivity contribution in [1.82, 2.24) is 4.98 Å². The van der Waals surface area contributed by atoms with Crippen molar-refractivity contribution >= 4 is 55.7 Å². The highest BCUT2D eigenvalue weighted by atomic mass is 35.5. The van der Waals surface area contributed by atoms with E-state index < -0.39 is 17.7 Å². The molecular formula is C30H27ClN2O5S. The van der Waals surface area contributed by atoms with Gasteiger partial charge in [0, 0.05) is 10.6 Å². The summed E-state index contributed by atoms with van der Waals surface area (Å²) in [6.07, 6.45) is 1.88. The number of thiazole rings is 1. The second-order valence-electron chi connectivity index (χ2n) is 9.01. The molecule has 1 amide bonds. The van der Waals surface area contributed by atoms with Crippen LogP contribution in [0.1, 0.15) is 43.9 Å². The van der Waals surface area contributed by atoms with Crippen molar-refractivity contribution in [2.75, 3.05) is 18.1 Å². The molecule has 0 bridgehead atoms. The maximum Gasteiger partial charge on any atom is 0.301 e. The Kier molecular flexibility index (Phi) is 7.86. The number of unbranched alkanes of at least 4 members (excludes halogenated alkanes) is 1. The molecule has 1 saturated heterocycles. The van der Waals surface area contributed by atoms with E-state index in [1.54, 1.807) is 48.5 Å². The number of ketones is 1. The van der Waals surface area contributed by atoms with E-state index in [1.165, 1.54) is 16.2 Å². The van der Waals surface area contributed by atoms with E-state index in [0.29, 0.717) is 51.5 Å². The van der Waals surface area contributed by atoms with E-state index in [0.717, 1.165) is 17.5 Å². The molecule has 3 aromatic carbocycles. The molecule has 1 aliphatic rings. The van der Waals surface area contributed by atoms with Gasteiger partial charge in [-0.3, -0.25) is 14.5 Å². The van der Waals surface area contributed by atoms with E-state index in [4.69, 9.17) is 21.1 Å². The summed E-state index contributed by atoms with van der Waals surface area (Å²) in [4.78, 5) is 33.0. The standard InChI is InChI=1S/C30H27ClN2O5S/c1-3-5-15-38-21-8-6-7-19(16-21)27(34)25-26(18-9-11-20(31)12-10-18)33(29(36)28(25)35)30-32-23-14-13-22(37-4-2)17-24(23)39-30/h6-14,16-17,26,34H,3-5,15H2,1-2H3. The van der Waals surface area contributed by atoms with Gasteiger partial charge in [-0.15, -0.1) is 0 Å². The Morgan fingerprint density at radius 2 is 1.79 bits per heavy atom. The Labute approximate surface area is 235 Å². The number of benzene rings is 3. The van der Waals surface area contributed by atoms with E-state index in [-0.39, 0.29) is 11.3 Å². The van der Waals surface area contributed by atoms with Crippen LogP contribution < -0.4 is 14.4 Å². The predicted octanol–water partition coefficient (Wildman–Crippen LogP) is 7.15. The first-order valence-electron chi connectivity index (χ1n) is 12.7. The number of amides is 1. The number of hydrogen-bond acceptors (Lipinski definition) is 7. The molecule has 0 saturated carbocycles. The van der Waals surface area contributed by atoms with E-state index >= 15 is 0 Å². The third-order valence-corrected chi connectivity index (χ3v) is 7.64. The summed E-state index contributed by atoms with van der Waals surface area (Å²) in [5.41, 5.74) is 1.64. The topological polar surface area (TPSA) is 89.0 Å². The molecule has 39 heavy (non-hydrogen) atoms. The number of hydrogen-bond donors (Lipinski definition) is 1. The van der Waals surface area contributed by atoms with Gasteiger partial charge in [0.25, 0.3) is 5.78 Å². The zero-order chi connectivity index (χ0) is 27.5. The monoisotopic (exact) mass is 562 g/mol. The number of carbonyl (C=O) groups is 2. The highest BCUT2D eigenvalue weighted by Crippen LogP contribution is 2.45. The highest BCUT2D eigenvalue weighted by molar-refractivity contribution is 7.22. The summed E-state index contributed by atoms with van der Waals surface area (Å²) < 4.78 is 12.2. The smallest absolute Gasteiger partial charge is 0.301 e. The molecule has 1 atom stereocenters. The highest BCUT2D eigenvalue weighted by Gasteiger charge is 2.48. The lowest BCUT2D eigenvalue weighted by Gasteiger charge is -2.23. The first-order chi connectivity index (χ1) is 18.9. The number of aromatic nitrogens is 1. The fourth-order valence-electron chi connectivity index (χ4n) is 4.47. The van der Waals surface area contributed by atoms with Crippen LogP contribution in [0.5, 0.6) is 11.5 Å². The number of aliphatic hydroxyl groups is 1. The molecule has 200 valence electrons. The second-order valence-corrected chi connectivity index (χ2v) is 10.5. The van der Waals surface area contributed by atoms with Crippen molar-refractivity contribution in [2.45, 2.75) is 32.7 Å². The SMILES string of the molecule is CCCCOc1cccc(C(O)=C2C(=O)C(=O)N(c3nc4ccc(OCC)cc4s3)C2c2ccc(Cl)cc2)c1. The van der Waals surface area contributed by atoms with Crippen molar-refractivity contribution in [3.05, 3.63) is 88.5 Å². The average Bonchev–Trinajstić information content (AvgIpc) is 3.47. The molecule has 9 heteroatoms. The fourth-order valence-corrected chi connectivity index (χ4v) is 5.61. The lowest BCUT2D eigenvalue weighted by Crippen LogP contribution is -2.29. The fraction of sp³-hybridized carbons (Fsp3) is 0.233. The van der Waals surface area contributed by atoms with Gasteiger partial charge in [0.15, 0.2) is 5.13 Å². The normalized spacial score (nSPS) is 16.7. The van der Waals surface area contributed by atoms with Crippen molar-refractivity contribution in [3.8, 4) is 11.5 Å². The molecule has 1 unspecified atom stereocenters. The van der Waals surface area contributed by atoms with Gasteiger partial charge in [-0.1, -0.05) is 60.5 Å². The van der Waals surface area contributed by atoms with Crippen LogP contribution in [0.15, 0.2) is 72.3 Å². The third-order valence-electron chi connectivity index (χ3n) is 6.37. The number of halogens is 1. The number of rotatable bonds is 9. The van der Waals surface area contributed by atoms with Gasteiger partial charge in [-0.2, -0.15) is 0 Å². The molecule has 2 heterocycles. The molecule has 5 rings (SSSR count). The number of ether oxygens (including phenoxy) is 2. The minimum Gasteiger partial charge on any atom is -0.507 e. The Hall–Kier alpha value is -3.88. The Morgan fingerprint density at radius 3 is 2.54 bits per heavy atom. The van der Waals surface area contributed by atoms with Gasteiger partial charge in [-0.25, -0.2) is 4.98 Å². The minimum absolute atomic E-state index is 0.0257. The first kappa shape index (κ1) is 26.7. The summed E-state index contributed by atoms with van der Waals surface area (Å²) in [5.74, 6) is -0.579. The molecule has 0 radical (unpaired) electrons. The number of carbonyl (C=O) groups excluding carboxylic acids is 2. The second kappa shape index (κ2) is 11.5. The summed E-state index contributed by atoms with van der Waals surface area (Å²) in [7, 11) is 0. The number of Topliss-reactive ketones (excluding diaryl/α,β-unsaturated/α-hetero) is 1. The number of nitrogens with zero attached hydrogens (tertiary/aromatic N) is 2. The van der Waals surface area contributed by atoms with Crippen molar-refractivity contribution in [3.63, 3.8) is 0 Å². The van der Waals surface area contributed by atoms with Gasteiger partial charge in [0.2, 0.25) is 0 Å². The zero-order valence-corrected chi connectivity index (χ0v) is 23.1. The Bertz CT molecular complexity index is 1560. The summed E-state index contributed by atoms with van der Waals surface area (Å²) in [5, 5.41) is 12.3. The van der Waals surface area contributed by atoms with Gasteiger partial charge in [0.05, 0.1) is 35.0 Å². The average molecular weight is 563 g/mol. The van der Waals surface area contributed by atoms with E-state index in [2.05, 4.69) is 11.9 Å². The maximum absolute atomic E-state index is 13.5. The van der Waals surface area contributed by atoms with Crippen molar-refractivity contribution in [2.24, 2.45) is 0 Å². The lowest BCUT2D eigenvalue weighted by atomic mass is 9.95. The first-order valence-corrected chi connectivity index (χ1v) is 13.9. The molecule has 1 aliphatic heterocycles.